The van der Waals surface area contributed by atoms with Crippen molar-refractivity contribution in [2.45, 2.75) is 44.4 Å². The molecule has 1 amide bonds. The second-order valence-corrected chi connectivity index (χ2v) is 7.30. The number of hydrogen-bond donors (Lipinski definition) is 1. The molecule has 0 aliphatic carbocycles. The van der Waals surface area contributed by atoms with Crippen molar-refractivity contribution in [2.75, 3.05) is 0 Å². The van der Waals surface area contributed by atoms with E-state index in [1.807, 2.05) is 0 Å². The van der Waals surface area contributed by atoms with E-state index in [0.717, 1.165) is 0 Å². The summed E-state index contributed by atoms with van der Waals surface area (Å²) in [7, 11) is -3.73. The second-order valence-electron chi connectivity index (χ2n) is 4.97. The minimum atomic E-state index is -3.73. The molecule has 0 radical (unpaired) electrons. The maximum Gasteiger partial charge on any atom is 0.305 e. The molecule has 16 heavy (non-hydrogen) atoms. The lowest BCUT2D eigenvalue weighted by Crippen LogP contribution is -2.72. The topological polar surface area (TPSA) is 91.8 Å². The number of carboxylic acids is 1. The van der Waals surface area contributed by atoms with Gasteiger partial charge >= 0.3 is 5.97 Å². The highest BCUT2D eigenvalue weighted by molar-refractivity contribution is 7.94. The van der Waals surface area contributed by atoms with Gasteiger partial charge in [0.1, 0.15) is 0 Å². The molecule has 1 aliphatic heterocycles. The zero-order valence-electron chi connectivity index (χ0n) is 9.64. The molecule has 0 aromatic carbocycles. The van der Waals surface area contributed by atoms with Crippen LogP contribution in [0.25, 0.3) is 0 Å². The Morgan fingerprint density at radius 3 is 2.19 bits per heavy atom. The first-order valence-electron chi connectivity index (χ1n) is 4.76. The Morgan fingerprint density at radius 2 is 1.88 bits per heavy atom. The van der Waals surface area contributed by atoms with E-state index >= 15 is 0 Å². The van der Waals surface area contributed by atoms with Crippen LogP contribution in [0.3, 0.4) is 0 Å². The molecule has 1 rings (SSSR count). The van der Waals surface area contributed by atoms with Gasteiger partial charge < -0.3 is 5.11 Å². The lowest BCUT2D eigenvalue weighted by Gasteiger charge is -2.50. The Labute approximate surface area is 94.3 Å². The van der Waals surface area contributed by atoms with Crippen LogP contribution in [0.2, 0.25) is 0 Å². The molecule has 0 unspecified atom stereocenters. The van der Waals surface area contributed by atoms with Crippen LogP contribution >= 0.6 is 0 Å². The summed E-state index contributed by atoms with van der Waals surface area (Å²) in [5.41, 5.74) is -1.22. The van der Waals surface area contributed by atoms with Crippen molar-refractivity contribution in [3.8, 4) is 0 Å². The van der Waals surface area contributed by atoms with Crippen LogP contribution in [0.4, 0.5) is 0 Å². The minimum Gasteiger partial charge on any atom is -0.481 e. The summed E-state index contributed by atoms with van der Waals surface area (Å²) in [6.45, 7) is 5.48. The monoisotopic (exact) mass is 249 g/mol. The van der Waals surface area contributed by atoms with E-state index in [0.29, 0.717) is 4.31 Å². The Balaban J connectivity index is 3.10. The number of nitrogens with zero attached hydrogens (tertiary/aromatic N) is 1. The lowest BCUT2D eigenvalue weighted by atomic mass is 9.99. The fourth-order valence-electron chi connectivity index (χ4n) is 1.70. The predicted octanol–water partition coefficient (Wildman–Crippen LogP) is 0.190. The van der Waals surface area contributed by atoms with Gasteiger partial charge in [-0.3, -0.25) is 9.59 Å². The first-order chi connectivity index (χ1) is 6.94. The molecule has 0 saturated carbocycles. The molecule has 0 aromatic rings. The van der Waals surface area contributed by atoms with Crippen LogP contribution < -0.4 is 0 Å². The van der Waals surface area contributed by atoms with E-state index in [4.69, 9.17) is 5.11 Å². The SMILES string of the molecule is CC(C)(CC(=O)O)N1C(=O)C(C)(C)S1(=O)=O. The second kappa shape index (κ2) is 3.19. The maximum absolute atomic E-state index is 11.8. The molecule has 0 spiro atoms. The van der Waals surface area contributed by atoms with Crippen LogP contribution in [0.1, 0.15) is 34.1 Å². The van der Waals surface area contributed by atoms with Crippen molar-refractivity contribution in [3.63, 3.8) is 0 Å². The van der Waals surface area contributed by atoms with Crippen molar-refractivity contribution >= 4 is 21.9 Å². The standard InChI is InChI=1S/C9H15NO5S/c1-8(2,5-6(11)12)10-7(13)9(3,4)16(10,14)15/h5H2,1-4H3,(H,11,12). The highest BCUT2D eigenvalue weighted by Gasteiger charge is 2.64. The fraction of sp³-hybridized carbons (Fsp3) is 0.778. The molecular weight excluding hydrogens is 234 g/mol. The summed E-state index contributed by atoms with van der Waals surface area (Å²) >= 11 is 0. The highest BCUT2D eigenvalue weighted by Crippen LogP contribution is 2.41. The molecule has 6 nitrogen and oxygen atoms in total. The molecule has 1 saturated heterocycles. The van der Waals surface area contributed by atoms with Gasteiger partial charge in [-0.1, -0.05) is 0 Å². The number of carbonyl (C=O) groups excluding carboxylic acids is 1. The molecule has 1 fully saturated rings. The molecule has 0 atom stereocenters. The van der Waals surface area contributed by atoms with Crippen LogP contribution in [-0.2, 0) is 19.6 Å². The van der Waals surface area contributed by atoms with Crippen molar-refractivity contribution in [2.24, 2.45) is 0 Å². The van der Waals surface area contributed by atoms with Gasteiger partial charge in [0.05, 0.1) is 12.0 Å². The Kier molecular flexibility index (Phi) is 2.58. The van der Waals surface area contributed by atoms with Gasteiger partial charge in [-0.25, -0.2) is 12.7 Å². The van der Waals surface area contributed by atoms with E-state index in [9.17, 15) is 18.0 Å². The number of sulfonamides is 1. The number of hydrogen-bond acceptors (Lipinski definition) is 4. The van der Waals surface area contributed by atoms with E-state index < -0.39 is 38.6 Å². The molecule has 7 heteroatoms. The first-order valence-corrected chi connectivity index (χ1v) is 6.20. The molecule has 1 heterocycles. The zero-order chi connectivity index (χ0) is 12.9. The molecule has 1 N–H and O–H groups in total. The molecule has 1 aliphatic rings. The molecule has 0 aromatic heterocycles. The average Bonchev–Trinajstić information content (AvgIpc) is 1.99. The summed E-state index contributed by atoms with van der Waals surface area (Å²) in [5, 5.41) is 8.67. The quantitative estimate of drug-likeness (QED) is 0.770. The van der Waals surface area contributed by atoms with E-state index in [1.165, 1.54) is 27.7 Å². The van der Waals surface area contributed by atoms with E-state index in [-0.39, 0.29) is 0 Å². The summed E-state index contributed by atoms with van der Waals surface area (Å²) in [4.78, 5) is 22.3. The number of carbonyl (C=O) groups is 2. The van der Waals surface area contributed by atoms with Crippen LogP contribution in [0.5, 0.6) is 0 Å². The van der Waals surface area contributed by atoms with Gasteiger partial charge in [-0.2, -0.15) is 0 Å². The first kappa shape index (κ1) is 13.0. The molecular formula is C9H15NO5S. The van der Waals surface area contributed by atoms with Crippen LogP contribution in [0.15, 0.2) is 0 Å². The van der Waals surface area contributed by atoms with Crippen molar-refractivity contribution in [1.82, 2.24) is 4.31 Å². The largest absolute Gasteiger partial charge is 0.481 e. The summed E-state index contributed by atoms with van der Waals surface area (Å²) in [6, 6.07) is 0. The number of amides is 1. The zero-order valence-corrected chi connectivity index (χ0v) is 10.5. The minimum absolute atomic E-state index is 0.409. The fourth-order valence-corrected chi connectivity index (χ4v) is 3.49. The van der Waals surface area contributed by atoms with Crippen LogP contribution in [-0.4, -0.2) is 40.0 Å². The molecule has 92 valence electrons. The molecule has 0 bridgehead atoms. The number of carboxylic acid groups (broad SMARTS) is 1. The Hall–Kier alpha value is -1.11. The van der Waals surface area contributed by atoms with E-state index in [1.54, 1.807) is 0 Å². The third kappa shape index (κ3) is 1.50. The Morgan fingerprint density at radius 1 is 1.44 bits per heavy atom. The van der Waals surface area contributed by atoms with Gasteiger partial charge in [0.2, 0.25) is 0 Å². The van der Waals surface area contributed by atoms with Crippen molar-refractivity contribution in [3.05, 3.63) is 0 Å². The van der Waals surface area contributed by atoms with Gasteiger partial charge in [-0.05, 0) is 27.7 Å². The predicted molar refractivity (Wildman–Crippen MR) is 56.2 cm³/mol. The Bertz CT molecular complexity index is 449. The summed E-state index contributed by atoms with van der Waals surface area (Å²) in [5.74, 6) is -1.70. The van der Waals surface area contributed by atoms with Gasteiger partial charge in [0, 0.05) is 0 Å². The van der Waals surface area contributed by atoms with Crippen LogP contribution in [0, 0.1) is 0 Å². The van der Waals surface area contributed by atoms with Crippen molar-refractivity contribution < 1.29 is 23.1 Å². The number of rotatable bonds is 3. The van der Waals surface area contributed by atoms with Gasteiger partial charge in [-0.15, -0.1) is 0 Å². The average molecular weight is 249 g/mol. The highest BCUT2D eigenvalue weighted by atomic mass is 32.2. The summed E-state index contributed by atoms with van der Waals surface area (Å²) in [6.07, 6.45) is -0.409. The maximum atomic E-state index is 11.8. The third-order valence-electron chi connectivity index (χ3n) is 2.72. The van der Waals surface area contributed by atoms with Gasteiger partial charge in [0.15, 0.2) is 4.75 Å². The third-order valence-corrected chi connectivity index (χ3v) is 5.32. The van der Waals surface area contributed by atoms with E-state index in [2.05, 4.69) is 0 Å². The number of aliphatic carboxylic acids is 1. The van der Waals surface area contributed by atoms with Crippen molar-refractivity contribution in [1.29, 1.82) is 0 Å². The normalized spacial score (nSPS) is 22.8. The smallest absolute Gasteiger partial charge is 0.305 e. The summed E-state index contributed by atoms with van der Waals surface area (Å²) < 4.78 is 22.9. The lowest BCUT2D eigenvalue weighted by molar-refractivity contribution is -0.142. The van der Waals surface area contributed by atoms with Gasteiger partial charge in [0.25, 0.3) is 15.9 Å².